The van der Waals surface area contributed by atoms with Crippen LogP contribution in [0.3, 0.4) is 0 Å². The Bertz CT molecular complexity index is 461. The standard InChI is InChI=1S/C6H10N4O3S/c1-2-3-5(14(8,12)13)4(6(7)11)10-9-3/h2H2,1H3,(H2,7,11)(H,9,10)(H2,8,12,13). The van der Waals surface area contributed by atoms with Crippen molar-refractivity contribution in [2.24, 2.45) is 10.9 Å². The van der Waals surface area contributed by atoms with Crippen LogP contribution in [-0.2, 0) is 16.4 Å². The molecular weight excluding hydrogens is 208 g/mol. The van der Waals surface area contributed by atoms with Crippen molar-refractivity contribution in [3.05, 3.63) is 11.4 Å². The van der Waals surface area contributed by atoms with Crippen molar-refractivity contribution < 1.29 is 13.2 Å². The Morgan fingerprint density at radius 2 is 2.14 bits per heavy atom. The van der Waals surface area contributed by atoms with E-state index in [1.807, 2.05) is 0 Å². The van der Waals surface area contributed by atoms with Gasteiger partial charge in [-0.1, -0.05) is 6.92 Å². The number of aryl methyl sites for hydroxylation is 1. The molecule has 0 unspecified atom stereocenters. The molecule has 0 saturated carbocycles. The maximum absolute atomic E-state index is 11.1. The van der Waals surface area contributed by atoms with Crippen molar-refractivity contribution in [2.75, 3.05) is 0 Å². The number of carbonyl (C=O) groups excluding carboxylic acids is 1. The number of aromatic nitrogens is 2. The molecule has 0 spiro atoms. The molecule has 1 aromatic rings. The van der Waals surface area contributed by atoms with Gasteiger partial charge < -0.3 is 5.73 Å². The molecule has 7 nitrogen and oxygen atoms in total. The number of nitrogens with two attached hydrogens (primary N) is 2. The minimum absolute atomic E-state index is 0.279. The maximum atomic E-state index is 11.1. The van der Waals surface area contributed by atoms with Crippen LogP contribution >= 0.6 is 0 Å². The third kappa shape index (κ3) is 1.75. The summed E-state index contributed by atoms with van der Waals surface area (Å²) in [6.07, 6.45) is 0.367. The number of sulfonamides is 1. The number of nitrogens with zero attached hydrogens (tertiary/aromatic N) is 1. The van der Waals surface area contributed by atoms with E-state index in [0.29, 0.717) is 6.42 Å². The van der Waals surface area contributed by atoms with E-state index in [2.05, 4.69) is 10.2 Å². The van der Waals surface area contributed by atoms with Crippen LogP contribution in [0, 0.1) is 0 Å². The molecule has 1 heterocycles. The summed E-state index contributed by atoms with van der Waals surface area (Å²) < 4.78 is 22.2. The number of primary amides is 1. The molecule has 1 amide bonds. The van der Waals surface area contributed by atoms with Gasteiger partial charge in [-0.3, -0.25) is 9.89 Å². The van der Waals surface area contributed by atoms with E-state index in [0.717, 1.165) is 0 Å². The zero-order valence-corrected chi connectivity index (χ0v) is 8.26. The lowest BCUT2D eigenvalue weighted by atomic mass is 10.3. The first-order valence-electron chi connectivity index (χ1n) is 3.77. The van der Waals surface area contributed by atoms with Gasteiger partial charge in [-0.15, -0.1) is 0 Å². The van der Waals surface area contributed by atoms with Gasteiger partial charge in [-0.25, -0.2) is 13.6 Å². The lowest BCUT2D eigenvalue weighted by Crippen LogP contribution is -2.20. The Morgan fingerprint density at radius 3 is 2.50 bits per heavy atom. The van der Waals surface area contributed by atoms with Gasteiger partial charge in [-0.05, 0) is 6.42 Å². The minimum Gasteiger partial charge on any atom is -0.364 e. The lowest BCUT2D eigenvalue weighted by molar-refractivity contribution is 0.0992. The first-order chi connectivity index (χ1) is 6.38. The zero-order chi connectivity index (χ0) is 10.9. The SMILES string of the molecule is CCc1[nH]nc(C(N)=O)c1S(N)(=O)=O. The monoisotopic (exact) mass is 218 g/mol. The molecule has 5 N–H and O–H groups in total. The summed E-state index contributed by atoms with van der Waals surface area (Å²) in [6, 6.07) is 0. The number of hydrogen-bond acceptors (Lipinski definition) is 4. The molecule has 0 atom stereocenters. The van der Waals surface area contributed by atoms with Crippen LogP contribution in [0.4, 0.5) is 0 Å². The number of primary sulfonamides is 1. The fraction of sp³-hybridized carbons (Fsp3) is 0.333. The molecule has 0 aliphatic carbocycles. The molecule has 0 saturated heterocycles. The number of H-pyrrole nitrogens is 1. The number of aromatic amines is 1. The molecule has 0 radical (unpaired) electrons. The molecule has 0 aliphatic heterocycles. The van der Waals surface area contributed by atoms with Crippen molar-refractivity contribution in [1.29, 1.82) is 0 Å². The van der Waals surface area contributed by atoms with Crippen molar-refractivity contribution >= 4 is 15.9 Å². The quantitative estimate of drug-likeness (QED) is 0.582. The van der Waals surface area contributed by atoms with Gasteiger partial charge in [0.2, 0.25) is 10.0 Å². The average Bonchev–Trinajstić information content (AvgIpc) is 2.45. The summed E-state index contributed by atoms with van der Waals surface area (Å²) in [5.41, 5.74) is 4.87. The Labute approximate surface area is 80.5 Å². The second-order valence-corrected chi connectivity index (χ2v) is 4.14. The second-order valence-electron chi connectivity index (χ2n) is 2.64. The Kier molecular flexibility index (Phi) is 2.58. The van der Waals surface area contributed by atoms with Gasteiger partial charge in [0.25, 0.3) is 5.91 Å². The highest BCUT2D eigenvalue weighted by Gasteiger charge is 2.24. The number of nitrogens with one attached hydrogen (secondary N) is 1. The Morgan fingerprint density at radius 1 is 1.57 bits per heavy atom. The van der Waals surface area contributed by atoms with E-state index in [1.54, 1.807) is 6.92 Å². The Balaban J connectivity index is 3.50. The molecule has 0 aliphatic rings. The molecule has 0 fully saturated rings. The van der Waals surface area contributed by atoms with E-state index >= 15 is 0 Å². The summed E-state index contributed by atoms with van der Waals surface area (Å²) in [7, 11) is -3.97. The summed E-state index contributed by atoms with van der Waals surface area (Å²) in [5.74, 6) is -0.926. The molecule has 8 heteroatoms. The molecule has 0 aromatic carbocycles. The van der Waals surface area contributed by atoms with Gasteiger partial charge in [0.15, 0.2) is 5.69 Å². The van der Waals surface area contributed by atoms with Crippen molar-refractivity contribution in [2.45, 2.75) is 18.2 Å². The second kappa shape index (κ2) is 3.39. The van der Waals surface area contributed by atoms with Gasteiger partial charge in [-0.2, -0.15) is 5.10 Å². The Hall–Kier alpha value is -1.41. The topological polar surface area (TPSA) is 132 Å². The van der Waals surface area contributed by atoms with Crippen LogP contribution in [0.25, 0.3) is 0 Å². The average molecular weight is 218 g/mol. The molecule has 1 aromatic heterocycles. The van der Waals surface area contributed by atoms with E-state index < -0.39 is 15.9 Å². The zero-order valence-electron chi connectivity index (χ0n) is 7.44. The van der Waals surface area contributed by atoms with Gasteiger partial charge in [0, 0.05) is 0 Å². The number of rotatable bonds is 3. The fourth-order valence-electron chi connectivity index (χ4n) is 1.08. The molecule has 1 rings (SSSR count). The van der Waals surface area contributed by atoms with Crippen molar-refractivity contribution in [3.8, 4) is 0 Å². The molecule has 0 bridgehead atoms. The number of carbonyl (C=O) groups is 1. The predicted molar refractivity (Wildman–Crippen MR) is 47.9 cm³/mol. The van der Waals surface area contributed by atoms with Crippen molar-refractivity contribution in [3.63, 3.8) is 0 Å². The first kappa shape index (κ1) is 10.7. The summed E-state index contributed by atoms with van der Waals surface area (Å²) in [4.78, 5) is 10.5. The van der Waals surface area contributed by atoms with E-state index in [1.165, 1.54) is 0 Å². The molecular formula is C6H10N4O3S. The first-order valence-corrected chi connectivity index (χ1v) is 5.32. The van der Waals surface area contributed by atoms with Crippen LogP contribution in [0.5, 0.6) is 0 Å². The lowest BCUT2D eigenvalue weighted by Gasteiger charge is -1.98. The summed E-state index contributed by atoms with van der Waals surface area (Å²) >= 11 is 0. The highest BCUT2D eigenvalue weighted by atomic mass is 32.2. The van der Waals surface area contributed by atoms with Crippen LogP contribution < -0.4 is 10.9 Å². The van der Waals surface area contributed by atoms with Crippen LogP contribution in [0.1, 0.15) is 23.1 Å². The summed E-state index contributed by atoms with van der Waals surface area (Å²) in [5, 5.41) is 10.8. The van der Waals surface area contributed by atoms with Gasteiger partial charge in [0.05, 0.1) is 5.69 Å². The number of hydrogen-bond donors (Lipinski definition) is 3. The van der Waals surface area contributed by atoms with E-state index in [-0.39, 0.29) is 16.3 Å². The highest BCUT2D eigenvalue weighted by Crippen LogP contribution is 2.16. The van der Waals surface area contributed by atoms with Crippen LogP contribution in [0.2, 0.25) is 0 Å². The van der Waals surface area contributed by atoms with Crippen LogP contribution in [0.15, 0.2) is 4.90 Å². The minimum atomic E-state index is -3.97. The third-order valence-corrected chi connectivity index (χ3v) is 2.67. The third-order valence-electron chi connectivity index (χ3n) is 1.66. The maximum Gasteiger partial charge on any atom is 0.270 e. The predicted octanol–water partition coefficient (Wildman–Crippen LogP) is -1.28. The van der Waals surface area contributed by atoms with E-state index in [4.69, 9.17) is 10.9 Å². The van der Waals surface area contributed by atoms with E-state index in [9.17, 15) is 13.2 Å². The van der Waals surface area contributed by atoms with Crippen LogP contribution in [-0.4, -0.2) is 24.5 Å². The number of amides is 1. The van der Waals surface area contributed by atoms with Gasteiger partial charge >= 0.3 is 0 Å². The molecule has 14 heavy (non-hydrogen) atoms. The smallest absolute Gasteiger partial charge is 0.270 e. The highest BCUT2D eigenvalue weighted by molar-refractivity contribution is 7.89. The van der Waals surface area contributed by atoms with Crippen molar-refractivity contribution in [1.82, 2.24) is 10.2 Å². The normalized spacial score (nSPS) is 11.6. The van der Waals surface area contributed by atoms with Gasteiger partial charge in [0.1, 0.15) is 4.90 Å². The molecule has 78 valence electrons. The summed E-state index contributed by atoms with van der Waals surface area (Å²) in [6.45, 7) is 1.70. The fourth-order valence-corrected chi connectivity index (χ4v) is 2.03. The largest absolute Gasteiger partial charge is 0.364 e.